The average Bonchev–Trinajstić information content (AvgIpc) is 3.09. The van der Waals surface area contributed by atoms with Crippen LogP contribution >= 0.6 is 11.8 Å². The molecule has 3 rings (SSSR count). The number of nitriles is 1. The van der Waals surface area contributed by atoms with E-state index in [0.717, 1.165) is 16.2 Å². The molecule has 0 N–H and O–H groups in total. The first-order chi connectivity index (χ1) is 14.2. The third kappa shape index (κ3) is 5.52. The number of fused-ring (bicyclic) bond motifs is 1. The molecule has 0 spiro atoms. The molecule has 0 atom stereocenters. The predicted octanol–water partition coefficient (Wildman–Crippen LogP) is 4.42. The van der Waals surface area contributed by atoms with Gasteiger partial charge in [0.05, 0.1) is 29.8 Å². The molecule has 0 unspecified atom stereocenters. The standard InChI is InChI=1S/C22H23N3O3S/c1-2-27-21(26)12-7-13-25-19-10-5-4-9-18(19)24-22(25)29-15-14-28-20-11-6-3-8-17(20)16-23/h3-6,8-11H,2,7,12-15H2,1H3. The van der Waals surface area contributed by atoms with Crippen molar-refractivity contribution < 1.29 is 14.3 Å². The van der Waals surface area contributed by atoms with Crippen LogP contribution in [0.2, 0.25) is 0 Å². The van der Waals surface area contributed by atoms with Gasteiger partial charge >= 0.3 is 5.97 Å². The monoisotopic (exact) mass is 409 g/mol. The summed E-state index contributed by atoms with van der Waals surface area (Å²) in [6.45, 7) is 3.38. The molecule has 0 amide bonds. The van der Waals surface area contributed by atoms with Crippen LogP contribution in [0, 0.1) is 11.3 Å². The summed E-state index contributed by atoms with van der Waals surface area (Å²) in [5.74, 6) is 1.12. The van der Waals surface area contributed by atoms with Crippen molar-refractivity contribution >= 4 is 28.8 Å². The van der Waals surface area contributed by atoms with Crippen LogP contribution in [0.25, 0.3) is 11.0 Å². The van der Waals surface area contributed by atoms with Crippen LogP contribution in [0.5, 0.6) is 5.75 Å². The smallest absolute Gasteiger partial charge is 0.305 e. The van der Waals surface area contributed by atoms with Crippen molar-refractivity contribution in [3.05, 3.63) is 54.1 Å². The van der Waals surface area contributed by atoms with Gasteiger partial charge in [-0.3, -0.25) is 4.79 Å². The van der Waals surface area contributed by atoms with Crippen molar-refractivity contribution in [3.63, 3.8) is 0 Å². The van der Waals surface area contributed by atoms with Crippen LogP contribution in [-0.2, 0) is 16.1 Å². The summed E-state index contributed by atoms with van der Waals surface area (Å²) in [4.78, 5) is 16.4. The highest BCUT2D eigenvalue weighted by Gasteiger charge is 2.12. The molecule has 7 heteroatoms. The zero-order chi connectivity index (χ0) is 20.5. The number of para-hydroxylation sites is 3. The number of hydrogen-bond donors (Lipinski definition) is 0. The number of ether oxygens (including phenoxy) is 2. The number of imidazole rings is 1. The highest BCUT2D eigenvalue weighted by molar-refractivity contribution is 7.99. The van der Waals surface area contributed by atoms with Gasteiger partial charge < -0.3 is 14.0 Å². The molecule has 2 aromatic carbocycles. The Bertz CT molecular complexity index is 1010. The summed E-state index contributed by atoms with van der Waals surface area (Å²) in [7, 11) is 0. The molecular weight excluding hydrogens is 386 g/mol. The van der Waals surface area contributed by atoms with E-state index in [1.807, 2.05) is 43.3 Å². The highest BCUT2D eigenvalue weighted by atomic mass is 32.2. The number of rotatable bonds is 10. The Hall–Kier alpha value is -2.98. The molecule has 0 aliphatic heterocycles. The van der Waals surface area contributed by atoms with Gasteiger partial charge in [0, 0.05) is 18.7 Å². The number of hydrogen-bond acceptors (Lipinski definition) is 6. The van der Waals surface area contributed by atoms with Gasteiger partial charge in [-0.1, -0.05) is 36.0 Å². The van der Waals surface area contributed by atoms with Crippen molar-refractivity contribution in [2.24, 2.45) is 0 Å². The Morgan fingerprint density at radius 1 is 1.21 bits per heavy atom. The van der Waals surface area contributed by atoms with Crippen molar-refractivity contribution in [1.29, 1.82) is 5.26 Å². The molecule has 1 heterocycles. The SMILES string of the molecule is CCOC(=O)CCCn1c(SCCOc2ccccc2C#N)nc2ccccc21. The normalized spacial score (nSPS) is 10.6. The molecule has 150 valence electrons. The fourth-order valence-electron chi connectivity index (χ4n) is 2.96. The number of benzene rings is 2. The second-order valence-electron chi connectivity index (χ2n) is 6.25. The molecule has 0 bridgehead atoms. The van der Waals surface area contributed by atoms with Gasteiger partial charge in [0.25, 0.3) is 0 Å². The maximum absolute atomic E-state index is 11.6. The van der Waals surface area contributed by atoms with Crippen LogP contribution in [0.1, 0.15) is 25.3 Å². The molecule has 6 nitrogen and oxygen atoms in total. The molecular formula is C22H23N3O3S. The van der Waals surface area contributed by atoms with E-state index in [1.165, 1.54) is 0 Å². The lowest BCUT2D eigenvalue weighted by Crippen LogP contribution is -2.08. The van der Waals surface area contributed by atoms with E-state index in [1.54, 1.807) is 23.9 Å². The van der Waals surface area contributed by atoms with Crippen molar-refractivity contribution in [1.82, 2.24) is 9.55 Å². The lowest BCUT2D eigenvalue weighted by molar-refractivity contribution is -0.143. The molecule has 0 saturated heterocycles. The Morgan fingerprint density at radius 2 is 2.00 bits per heavy atom. The van der Waals surface area contributed by atoms with Crippen molar-refractivity contribution in [2.45, 2.75) is 31.5 Å². The molecule has 29 heavy (non-hydrogen) atoms. The number of thioether (sulfide) groups is 1. The number of nitrogens with zero attached hydrogens (tertiary/aromatic N) is 3. The van der Waals surface area contributed by atoms with E-state index in [0.29, 0.717) is 49.7 Å². The second kappa shape index (κ2) is 10.5. The fourth-order valence-corrected chi connectivity index (χ4v) is 3.82. The van der Waals surface area contributed by atoms with Crippen LogP contribution in [0.3, 0.4) is 0 Å². The first kappa shape index (κ1) is 20.7. The number of aryl methyl sites for hydroxylation is 1. The topological polar surface area (TPSA) is 77.1 Å². The van der Waals surface area contributed by atoms with Gasteiger partial charge in [0.15, 0.2) is 5.16 Å². The molecule has 1 aromatic heterocycles. The number of esters is 1. The van der Waals surface area contributed by atoms with E-state index in [-0.39, 0.29) is 5.97 Å². The van der Waals surface area contributed by atoms with E-state index in [9.17, 15) is 4.79 Å². The first-order valence-electron chi connectivity index (χ1n) is 9.58. The number of carbonyl (C=O) groups is 1. The maximum atomic E-state index is 11.6. The summed E-state index contributed by atoms with van der Waals surface area (Å²) in [6.07, 6.45) is 1.08. The molecule has 0 aliphatic carbocycles. The minimum Gasteiger partial charge on any atom is -0.491 e. The van der Waals surface area contributed by atoms with Crippen LogP contribution < -0.4 is 4.74 Å². The van der Waals surface area contributed by atoms with Gasteiger partial charge in [-0.2, -0.15) is 5.26 Å². The Balaban J connectivity index is 1.62. The van der Waals surface area contributed by atoms with Gasteiger partial charge in [0.1, 0.15) is 11.8 Å². The number of carbonyl (C=O) groups excluding carboxylic acids is 1. The molecule has 0 radical (unpaired) electrons. The maximum Gasteiger partial charge on any atom is 0.305 e. The highest BCUT2D eigenvalue weighted by Crippen LogP contribution is 2.25. The Labute approximate surface area is 174 Å². The van der Waals surface area contributed by atoms with Crippen molar-refractivity contribution in [3.8, 4) is 11.8 Å². The van der Waals surface area contributed by atoms with E-state index < -0.39 is 0 Å². The van der Waals surface area contributed by atoms with Crippen LogP contribution in [-0.4, -0.2) is 34.5 Å². The van der Waals surface area contributed by atoms with Gasteiger partial charge in [-0.25, -0.2) is 4.98 Å². The summed E-state index contributed by atoms with van der Waals surface area (Å²) in [5, 5.41) is 10.0. The molecule has 3 aromatic rings. The molecule has 0 saturated carbocycles. The first-order valence-corrected chi connectivity index (χ1v) is 10.6. The third-order valence-corrected chi connectivity index (χ3v) is 5.21. The van der Waals surface area contributed by atoms with Gasteiger partial charge in [-0.05, 0) is 37.6 Å². The quantitative estimate of drug-likeness (QED) is 0.280. The summed E-state index contributed by atoms with van der Waals surface area (Å²) < 4.78 is 12.9. The predicted molar refractivity (Wildman–Crippen MR) is 113 cm³/mol. The lowest BCUT2D eigenvalue weighted by atomic mass is 10.2. The number of aromatic nitrogens is 2. The summed E-state index contributed by atoms with van der Waals surface area (Å²) in [5.41, 5.74) is 2.51. The second-order valence-corrected chi connectivity index (χ2v) is 7.31. The lowest BCUT2D eigenvalue weighted by Gasteiger charge is -2.10. The Kier molecular flexibility index (Phi) is 7.54. The Morgan fingerprint density at radius 3 is 2.83 bits per heavy atom. The van der Waals surface area contributed by atoms with Gasteiger partial charge in [-0.15, -0.1) is 0 Å². The molecule has 0 fully saturated rings. The van der Waals surface area contributed by atoms with E-state index >= 15 is 0 Å². The molecule has 0 aliphatic rings. The third-order valence-electron chi connectivity index (χ3n) is 4.27. The average molecular weight is 410 g/mol. The van der Waals surface area contributed by atoms with E-state index in [4.69, 9.17) is 19.7 Å². The minimum atomic E-state index is -0.171. The van der Waals surface area contributed by atoms with E-state index in [2.05, 4.69) is 10.6 Å². The summed E-state index contributed by atoms with van der Waals surface area (Å²) in [6, 6.07) is 17.3. The minimum absolute atomic E-state index is 0.171. The zero-order valence-corrected chi connectivity index (χ0v) is 17.2. The van der Waals surface area contributed by atoms with Crippen molar-refractivity contribution in [2.75, 3.05) is 19.0 Å². The largest absolute Gasteiger partial charge is 0.491 e. The summed E-state index contributed by atoms with van der Waals surface area (Å²) >= 11 is 1.60. The van der Waals surface area contributed by atoms with Crippen LogP contribution in [0.4, 0.5) is 0 Å². The zero-order valence-electron chi connectivity index (χ0n) is 16.3. The van der Waals surface area contributed by atoms with Gasteiger partial charge in [0.2, 0.25) is 0 Å². The fraction of sp³-hybridized carbons (Fsp3) is 0.318. The van der Waals surface area contributed by atoms with Crippen LogP contribution in [0.15, 0.2) is 53.7 Å².